The van der Waals surface area contributed by atoms with Crippen LogP contribution in [-0.2, 0) is 19.1 Å². The summed E-state index contributed by atoms with van der Waals surface area (Å²) in [6, 6.07) is 0. The Balaban J connectivity index is 1.60. The van der Waals surface area contributed by atoms with Crippen molar-refractivity contribution in [1.82, 2.24) is 14.7 Å². The van der Waals surface area contributed by atoms with Crippen LogP contribution in [0.25, 0.3) is 0 Å². The van der Waals surface area contributed by atoms with Gasteiger partial charge in [0.05, 0.1) is 13.2 Å². The summed E-state index contributed by atoms with van der Waals surface area (Å²) in [7, 11) is 1.64. The van der Waals surface area contributed by atoms with E-state index < -0.39 is 0 Å². The Kier molecular flexibility index (Phi) is 5.61. The van der Waals surface area contributed by atoms with E-state index in [0.29, 0.717) is 45.6 Å². The van der Waals surface area contributed by atoms with Crippen molar-refractivity contribution in [3.05, 3.63) is 0 Å². The molecule has 0 saturated carbocycles. The highest BCUT2D eigenvalue weighted by Crippen LogP contribution is 2.38. The number of piperidine rings is 2. The molecule has 1 unspecified atom stereocenters. The zero-order valence-corrected chi connectivity index (χ0v) is 15.2. The summed E-state index contributed by atoms with van der Waals surface area (Å²) >= 11 is 0. The van der Waals surface area contributed by atoms with Crippen molar-refractivity contribution in [1.29, 1.82) is 0 Å². The van der Waals surface area contributed by atoms with E-state index in [1.54, 1.807) is 12.0 Å². The van der Waals surface area contributed by atoms with Crippen molar-refractivity contribution in [2.24, 2.45) is 5.41 Å². The number of likely N-dealkylation sites (tertiary alicyclic amines) is 3. The number of nitrogens with zero attached hydrogens (tertiary/aromatic N) is 3. The fraction of sp³-hybridized carbons (Fsp3) is 0.833. The minimum atomic E-state index is 0.00454. The molecule has 140 valence electrons. The first-order valence-electron chi connectivity index (χ1n) is 9.35. The first-order chi connectivity index (χ1) is 12.0. The van der Waals surface area contributed by atoms with Crippen LogP contribution in [0.15, 0.2) is 0 Å². The Morgan fingerprint density at radius 1 is 1.04 bits per heavy atom. The second kappa shape index (κ2) is 7.72. The second-order valence-corrected chi connectivity index (χ2v) is 7.65. The Labute approximate surface area is 149 Å². The Morgan fingerprint density at radius 3 is 2.56 bits per heavy atom. The molecule has 3 aliphatic heterocycles. The van der Waals surface area contributed by atoms with E-state index in [2.05, 4.69) is 0 Å². The van der Waals surface area contributed by atoms with Gasteiger partial charge in [-0.1, -0.05) is 0 Å². The maximum atomic E-state index is 12.7. The summed E-state index contributed by atoms with van der Waals surface area (Å²) in [4.78, 5) is 42.1. The van der Waals surface area contributed by atoms with Crippen LogP contribution in [-0.4, -0.2) is 85.4 Å². The molecule has 1 spiro atoms. The average molecular weight is 351 g/mol. The second-order valence-electron chi connectivity index (χ2n) is 7.65. The minimum absolute atomic E-state index is 0.00454. The normalized spacial score (nSPS) is 27.5. The third-order valence-electron chi connectivity index (χ3n) is 5.83. The standard InChI is InChI=1S/C18H29N3O4/c1-25-11-10-21-14-18(7-5-16(21)23)6-3-9-20(13-18)17(24)12-19-8-2-4-15(19)22/h2-14H2,1H3. The third-order valence-corrected chi connectivity index (χ3v) is 5.83. The van der Waals surface area contributed by atoms with Gasteiger partial charge < -0.3 is 19.4 Å². The molecule has 0 aromatic rings. The summed E-state index contributed by atoms with van der Waals surface area (Å²) in [5, 5.41) is 0. The highest BCUT2D eigenvalue weighted by Gasteiger charge is 2.42. The number of rotatable bonds is 5. The van der Waals surface area contributed by atoms with Gasteiger partial charge in [-0.25, -0.2) is 0 Å². The highest BCUT2D eigenvalue weighted by atomic mass is 16.5. The molecule has 3 fully saturated rings. The highest BCUT2D eigenvalue weighted by molar-refractivity contribution is 5.86. The SMILES string of the molecule is COCCN1CC2(CCCN(C(=O)CN3CCCC3=O)C2)CCC1=O. The molecular formula is C18H29N3O4. The number of hydrogen-bond acceptors (Lipinski definition) is 4. The predicted molar refractivity (Wildman–Crippen MR) is 91.8 cm³/mol. The smallest absolute Gasteiger partial charge is 0.242 e. The summed E-state index contributed by atoms with van der Waals surface area (Å²) in [6.07, 6.45) is 4.83. The molecule has 0 aliphatic carbocycles. The number of amides is 3. The number of methoxy groups -OCH3 is 1. The van der Waals surface area contributed by atoms with Crippen LogP contribution in [0.4, 0.5) is 0 Å². The first-order valence-corrected chi connectivity index (χ1v) is 9.35. The van der Waals surface area contributed by atoms with Crippen molar-refractivity contribution in [2.75, 3.05) is 53.0 Å². The van der Waals surface area contributed by atoms with Gasteiger partial charge in [0.25, 0.3) is 0 Å². The lowest BCUT2D eigenvalue weighted by atomic mass is 9.73. The summed E-state index contributed by atoms with van der Waals surface area (Å²) in [5.74, 6) is 0.331. The molecule has 7 heteroatoms. The maximum Gasteiger partial charge on any atom is 0.242 e. The van der Waals surface area contributed by atoms with Crippen molar-refractivity contribution < 1.29 is 19.1 Å². The van der Waals surface area contributed by atoms with Crippen LogP contribution in [0.1, 0.15) is 38.5 Å². The molecule has 7 nitrogen and oxygen atoms in total. The molecule has 0 aromatic carbocycles. The fourth-order valence-electron chi connectivity index (χ4n) is 4.40. The van der Waals surface area contributed by atoms with E-state index in [0.717, 1.165) is 32.2 Å². The minimum Gasteiger partial charge on any atom is -0.383 e. The van der Waals surface area contributed by atoms with E-state index >= 15 is 0 Å². The van der Waals surface area contributed by atoms with Gasteiger partial charge in [0.15, 0.2) is 0 Å². The number of carbonyl (C=O) groups is 3. The first kappa shape index (κ1) is 18.2. The monoisotopic (exact) mass is 351 g/mol. The molecule has 3 rings (SSSR count). The van der Waals surface area contributed by atoms with E-state index in [1.807, 2.05) is 9.80 Å². The molecule has 0 radical (unpaired) electrons. The van der Waals surface area contributed by atoms with Crippen LogP contribution in [0.2, 0.25) is 0 Å². The van der Waals surface area contributed by atoms with Crippen molar-refractivity contribution in [3.8, 4) is 0 Å². The van der Waals surface area contributed by atoms with E-state index in [4.69, 9.17) is 4.74 Å². The van der Waals surface area contributed by atoms with Crippen LogP contribution >= 0.6 is 0 Å². The topological polar surface area (TPSA) is 70.2 Å². The van der Waals surface area contributed by atoms with Crippen molar-refractivity contribution in [2.45, 2.75) is 38.5 Å². The quantitative estimate of drug-likeness (QED) is 0.723. The summed E-state index contributed by atoms with van der Waals surface area (Å²) < 4.78 is 5.12. The van der Waals surface area contributed by atoms with Crippen molar-refractivity contribution >= 4 is 17.7 Å². The molecule has 0 bridgehead atoms. The van der Waals surface area contributed by atoms with Gasteiger partial charge in [-0.2, -0.15) is 0 Å². The molecule has 0 aromatic heterocycles. The lowest BCUT2D eigenvalue weighted by molar-refractivity contribution is -0.145. The molecule has 3 heterocycles. The number of carbonyl (C=O) groups excluding carboxylic acids is 3. The summed E-state index contributed by atoms with van der Waals surface area (Å²) in [6.45, 7) is 4.24. The van der Waals surface area contributed by atoms with Gasteiger partial charge in [0.2, 0.25) is 17.7 Å². The number of hydrogen-bond donors (Lipinski definition) is 0. The van der Waals surface area contributed by atoms with E-state index in [-0.39, 0.29) is 29.7 Å². The van der Waals surface area contributed by atoms with Gasteiger partial charge in [-0.3, -0.25) is 14.4 Å². The summed E-state index contributed by atoms with van der Waals surface area (Å²) in [5.41, 5.74) is 0.00454. The fourth-order valence-corrected chi connectivity index (χ4v) is 4.40. The van der Waals surface area contributed by atoms with Gasteiger partial charge in [0.1, 0.15) is 0 Å². The van der Waals surface area contributed by atoms with Crippen LogP contribution in [0.5, 0.6) is 0 Å². The third kappa shape index (κ3) is 4.14. The van der Waals surface area contributed by atoms with E-state index in [9.17, 15) is 14.4 Å². The molecule has 3 amide bonds. The maximum absolute atomic E-state index is 12.7. The Bertz CT molecular complexity index is 538. The number of ether oxygens (including phenoxy) is 1. The predicted octanol–water partition coefficient (Wildman–Crippen LogP) is 0.486. The zero-order valence-electron chi connectivity index (χ0n) is 15.2. The van der Waals surface area contributed by atoms with Gasteiger partial charge >= 0.3 is 0 Å². The Morgan fingerprint density at radius 2 is 1.84 bits per heavy atom. The van der Waals surface area contributed by atoms with Gasteiger partial charge in [-0.05, 0) is 25.7 Å². The lowest BCUT2D eigenvalue weighted by Gasteiger charge is -2.48. The molecule has 3 saturated heterocycles. The molecule has 3 aliphatic rings. The largest absolute Gasteiger partial charge is 0.383 e. The lowest BCUT2D eigenvalue weighted by Crippen LogP contribution is -2.56. The zero-order chi connectivity index (χ0) is 17.9. The van der Waals surface area contributed by atoms with Crippen LogP contribution in [0.3, 0.4) is 0 Å². The van der Waals surface area contributed by atoms with Gasteiger partial charge in [0, 0.05) is 58.1 Å². The van der Waals surface area contributed by atoms with Crippen molar-refractivity contribution in [3.63, 3.8) is 0 Å². The molecule has 25 heavy (non-hydrogen) atoms. The Hall–Kier alpha value is -1.63. The molecular weight excluding hydrogens is 322 g/mol. The van der Waals surface area contributed by atoms with Gasteiger partial charge in [-0.15, -0.1) is 0 Å². The molecule has 0 N–H and O–H groups in total. The van der Waals surface area contributed by atoms with E-state index in [1.165, 1.54) is 0 Å². The average Bonchev–Trinajstić information content (AvgIpc) is 3.01. The van der Waals surface area contributed by atoms with Crippen LogP contribution < -0.4 is 0 Å². The van der Waals surface area contributed by atoms with Crippen LogP contribution in [0, 0.1) is 5.41 Å². The molecule has 1 atom stereocenters.